The minimum absolute atomic E-state index is 0.234. The Balaban J connectivity index is 1.87. The molecule has 0 spiro atoms. The Morgan fingerprint density at radius 2 is 2.11 bits per heavy atom. The first-order chi connectivity index (χ1) is 8.77. The number of rotatable bonds is 3. The summed E-state index contributed by atoms with van der Waals surface area (Å²) in [6.45, 7) is 0.806. The van der Waals surface area contributed by atoms with E-state index in [-0.39, 0.29) is 6.61 Å². The number of aliphatic hydroxyl groups is 1. The van der Waals surface area contributed by atoms with E-state index in [9.17, 15) is 9.90 Å². The van der Waals surface area contributed by atoms with Gasteiger partial charge in [0.2, 0.25) is 0 Å². The topological polar surface area (TPSA) is 58.6 Å². The highest BCUT2D eigenvalue weighted by Crippen LogP contribution is 2.08. The number of esters is 1. The standard InChI is InChI=1S/C14H17NO3/c16-12-8-4-5-9-15-13(12)14(17)18-10-11-6-2-1-3-7-11/h1-7,12-13,15-16H,8-10H2. The molecule has 2 unspecified atom stereocenters. The summed E-state index contributed by atoms with van der Waals surface area (Å²) in [6.07, 6.45) is 3.50. The monoisotopic (exact) mass is 247 g/mol. The van der Waals surface area contributed by atoms with Crippen molar-refractivity contribution in [1.29, 1.82) is 0 Å². The summed E-state index contributed by atoms with van der Waals surface area (Å²) in [5.41, 5.74) is 0.937. The molecule has 0 aromatic heterocycles. The smallest absolute Gasteiger partial charge is 0.326 e. The van der Waals surface area contributed by atoms with Crippen LogP contribution in [0.3, 0.4) is 0 Å². The molecular weight excluding hydrogens is 230 g/mol. The zero-order valence-corrected chi connectivity index (χ0v) is 10.1. The number of ether oxygens (including phenoxy) is 1. The van der Waals surface area contributed by atoms with Crippen LogP contribution in [0.25, 0.3) is 0 Å². The molecule has 0 radical (unpaired) electrons. The van der Waals surface area contributed by atoms with E-state index in [1.54, 1.807) is 0 Å². The number of benzene rings is 1. The van der Waals surface area contributed by atoms with Crippen LogP contribution in [-0.4, -0.2) is 29.8 Å². The third-order valence-electron chi connectivity index (χ3n) is 2.86. The lowest BCUT2D eigenvalue weighted by molar-refractivity contribution is -0.150. The molecule has 2 N–H and O–H groups in total. The van der Waals surface area contributed by atoms with Crippen LogP contribution in [-0.2, 0) is 16.1 Å². The molecule has 4 nitrogen and oxygen atoms in total. The Bertz CT molecular complexity index is 416. The molecule has 0 amide bonds. The minimum Gasteiger partial charge on any atom is -0.460 e. The first-order valence-electron chi connectivity index (χ1n) is 6.04. The molecule has 2 rings (SSSR count). The normalized spacial score (nSPS) is 23.4. The average molecular weight is 247 g/mol. The maximum atomic E-state index is 11.9. The molecule has 1 aliphatic rings. The van der Waals surface area contributed by atoms with E-state index < -0.39 is 18.1 Å². The lowest BCUT2D eigenvalue weighted by atomic mass is 10.1. The first-order valence-corrected chi connectivity index (χ1v) is 6.04. The Hall–Kier alpha value is -1.65. The Kier molecular flexibility index (Phi) is 4.50. The van der Waals surface area contributed by atoms with Gasteiger partial charge in [-0.15, -0.1) is 0 Å². The van der Waals surface area contributed by atoms with E-state index in [0.717, 1.165) is 5.56 Å². The molecule has 1 aromatic rings. The van der Waals surface area contributed by atoms with E-state index in [4.69, 9.17) is 4.74 Å². The summed E-state index contributed by atoms with van der Waals surface area (Å²) >= 11 is 0. The molecule has 0 saturated carbocycles. The third kappa shape index (κ3) is 3.42. The highest BCUT2D eigenvalue weighted by atomic mass is 16.5. The van der Waals surface area contributed by atoms with E-state index in [1.807, 2.05) is 42.5 Å². The summed E-state index contributed by atoms with van der Waals surface area (Å²) in [7, 11) is 0. The third-order valence-corrected chi connectivity index (χ3v) is 2.86. The van der Waals surface area contributed by atoms with E-state index >= 15 is 0 Å². The van der Waals surface area contributed by atoms with Crippen molar-refractivity contribution in [2.75, 3.05) is 6.54 Å². The van der Waals surface area contributed by atoms with Gasteiger partial charge in [0.15, 0.2) is 0 Å². The van der Waals surface area contributed by atoms with E-state index in [1.165, 1.54) is 0 Å². The largest absolute Gasteiger partial charge is 0.460 e. The number of hydrogen-bond donors (Lipinski definition) is 2. The minimum atomic E-state index is -0.730. The maximum Gasteiger partial charge on any atom is 0.326 e. The van der Waals surface area contributed by atoms with Crippen molar-refractivity contribution in [3.05, 3.63) is 48.0 Å². The Morgan fingerprint density at radius 3 is 2.89 bits per heavy atom. The summed E-state index contributed by atoms with van der Waals surface area (Å²) in [5, 5.41) is 12.8. The molecule has 0 fully saturated rings. The quantitative estimate of drug-likeness (QED) is 0.618. The van der Waals surface area contributed by atoms with Crippen LogP contribution in [0, 0.1) is 0 Å². The zero-order chi connectivity index (χ0) is 12.8. The fraction of sp³-hybridized carbons (Fsp3) is 0.357. The fourth-order valence-electron chi connectivity index (χ4n) is 1.85. The molecule has 1 aromatic carbocycles. The summed E-state index contributed by atoms with van der Waals surface area (Å²) in [6, 6.07) is 8.84. The van der Waals surface area contributed by atoms with Gasteiger partial charge in [0.1, 0.15) is 12.6 Å². The van der Waals surface area contributed by atoms with Crippen molar-refractivity contribution in [1.82, 2.24) is 5.32 Å². The van der Waals surface area contributed by atoms with Crippen LogP contribution in [0.5, 0.6) is 0 Å². The van der Waals surface area contributed by atoms with Gasteiger partial charge in [-0.05, 0) is 12.0 Å². The van der Waals surface area contributed by atoms with Crippen molar-refractivity contribution < 1.29 is 14.6 Å². The average Bonchev–Trinajstić information content (AvgIpc) is 2.62. The number of hydrogen-bond acceptors (Lipinski definition) is 4. The van der Waals surface area contributed by atoms with Crippen LogP contribution in [0.15, 0.2) is 42.5 Å². The van der Waals surface area contributed by atoms with E-state index in [0.29, 0.717) is 13.0 Å². The van der Waals surface area contributed by atoms with Gasteiger partial charge in [0.25, 0.3) is 0 Å². The lowest BCUT2D eigenvalue weighted by Crippen LogP contribution is -2.46. The molecular formula is C14H17NO3. The highest BCUT2D eigenvalue weighted by molar-refractivity contribution is 5.76. The van der Waals surface area contributed by atoms with Crippen molar-refractivity contribution in [3.63, 3.8) is 0 Å². The van der Waals surface area contributed by atoms with Crippen LogP contribution in [0.1, 0.15) is 12.0 Å². The summed E-state index contributed by atoms with van der Waals surface area (Å²) < 4.78 is 5.20. The Morgan fingerprint density at radius 1 is 1.33 bits per heavy atom. The number of carbonyl (C=O) groups is 1. The van der Waals surface area contributed by atoms with Crippen LogP contribution in [0.4, 0.5) is 0 Å². The maximum absolute atomic E-state index is 11.9. The second-order valence-corrected chi connectivity index (χ2v) is 4.25. The first kappa shape index (κ1) is 12.8. The summed E-state index contributed by atoms with van der Waals surface area (Å²) in [4.78, 5) is 11.9. The van der Waals surface area contributed by atoms with Gasteiger partial charge in [0, 0.05) is 6.54 Å². The van der Waals surface area contributed by atoms with Gasteiger partial charge in [-0.25, -0.2) is 0 Å². The number of nitrogens with one attached hydrogen (secondary N) is 1. The van der Waals surface area contributed by atoms with Crippen molar-refractivity contribution in [3.8, 4) is 0 Å². The summed E-state index contributed by atoms with van der Waals surface area (Å²) in [5.74, 6) is -0.407. The van der Waals surface area contributed by atoms with Crippen LogP contribution in [0.2, 0.25) is 0 Å². The van der Waals surface area contributed by atoms with Crippen LogP contribution < -0.4 is 5.32 Å². The predicted molar refractivity (Wildman–Crippen MR) is 67.8 cm³/mol. The Labute approximate surface area is 106 Å². The van der Waals surface area contributed by atoms with E-state index in [2.05, 4.69) is 5.32 Å². The molecule has 96 valence electrons. The highest BCUT2D eigenvalue weighted by Gasteiger charge is 2.27. The van der Waals surface area contributed by atoms with Crippen LogP contribution >= 0.6 is 0 Å². The molecule has 0 bridgehead atoms. The molecule has 2 atom stereocenters. The number of aliphatic hydroxyl groups excluding tert-OH is 1. The van der Waals surface area contributed by atoms with Gasteiger partial charge in [-0.3, -0.25) is 10.1 Å². The number of carbonyl (C=O) groups excluding carboxylic acids is 1. The van der Waals surface area contributed by atoms with Gasteiger partial charge in [0.05, 0.1) is 6.10 Å². The van der Waals surface area contributed by atoms with Crippen molar-refractivity contribution in [2.45, 2.75) is 25.2 Å². The molecule has 0 aliphatic carbocycles. The fourth-order valence-corrected chi connectivity index (χ4v) is 1.85. The molecule has 4 heteroatoms. The van der Waals surface area contributed by atoms with Gasteiger partial charge >= 0.3 is 5.97 Å². The molecule has 0 saturated heterocycles. The van der Waals surface area contributed by atoms with Gasteiger partial charge < -0.3 is 9.84 Å². The van der Waals surface area contributed by atoms with Gasteiger partial charge in [-0.2, -0.15) is 0 Å². The second-order valence-electron chi connectivity index (χ2n) is 4.25. The zero-order valence-electron chi connectivity index (χ0n) is 10.1. The van der Waals surface area contributed by atoms with Crippen molar-refractivity contribution in [2.24, 2.45) is 0 Å². The molecule has 18 heavy (non-hydrogen) atoms. The van der Waals surface area contributed by atoms with Gasteiger partial charge in [-0.1, -0.05) is 42.5 Å². The SMILES string of the molecule is O=C(OCc1ccccc1)C1NCC=CCC1O. The second kappa shape index (κ2) is 6.33. The predicted octanol–water partition coefficient (Wildman–Crippen LogP) is 1.01. The van der Waals surface area contributed by atoms with Crippen molar-refractivity contribution >= 4 is 5.97 Å². The lowest BCUT2D eigenvalue weighted by Gasteiger charge is -2.19. The molecule has 1 aliphatic heterocycles. The molecule has 1 heterocycles.